The Balaban J connectivity index is 1.83. The molecule has 0 unspecified atom stereocenters. The Labute approximate surface area is 197 Å². The van der Waals surface area contributed by atoms with Crippen molar-refractivity contribution in [3.05, 3.63) is 81.2 Å². The zero-order valence-electron chi connectivity index (χ0n) is 17.5. The lowest BCUT2D eigenvalue weighted by molar-refractivity contribution is 0.411. The van der Waals surface area contributed by atoms with Gasteiger partial charge >= 0.3 is 0 Å². The minimum absolute atomic E-state index is 0.0224. The molecule has 170 valence electrons. The molecule has 11 heteroatoms. The molecule has 0 amide bonds. The predicted octanol–water partition coefficient (Wildman–Crippen LogP) is 4.05. The number of pyridine rings is 1. The summed E-state index contributed by atoms with van der Waals surface area (Å²) in [5.74, 6) is 0.358. The third-order valence-electron chi connectivity index (χ3n) is 4.90. The summed E-state index contributed by atoms with van der Waals surface area (Å²) < 4.78 is 49.4. The standard InChI is InChI=1S/C22H18BrFN4O4S/c1-3-20-25-9-8-21(26-20)27-33(30,31)14-5-6-17-13(10-14)4-7-22(29)28(17)18-12-16(24)15(23)11-19(18)32-2/h4-12H,3H2,1-2H3,(H,25,26,27). The number of methoxy groups -OCH3 is 1. The second-order valence-electron chi connectivity index (χ2n) is 6.98. The van der Waals surface area contributed by atoms with E-state index in [0.717, 1.165) is 0 Å². The number of benzene rings is 2. The molecule has 0 radical (unpaired) electrons. The molecular weight excluding hydrogens is 515 g/mol. The number of sulfonamides is 1. The van der Waals surface area contributed by atoms with Crippen LogP contribution in [0.3, 0.4) is 0 Å². The summed E-state index contributed by atoms with van der Waals surface area (Å²) >= 11 is 3.10. The average Bonchev–Trinajstić information content (AvgIpc) is 2.80. The van der Waals surface area contributed by atoms with Gasteiger partial charge in [-0.3, -0.25) is 14.1 Å². The van der Waals surface area contributed by atoms with E-state index in [1.54, 1.807) is 0 Å². The summed E-state index contributed by atoms with van der Waals surface area (Å²) in [5.41, 5.74) is 0.150. The van der Waals surface area contributed by atoms with Gasteiger partial charge in [0.1, 0.15) is 23.2 Å². The highest BCUT2D eigenvalue weighted by atomic mass is 79.9. The van der Waals surface area contributed by atoms with Crippen LogP contribution in [0.2, 0.25) is 0 Å². The molecule has 0 saturated carbocycles. The van der Waals surface area contributed by atoms with E-state index in [1.165, 1.54) is 66.4 Å². The van der Waals surface area contributed by atoms with Gasteiger partial charge in [-0.15, -0.1) is 0 Å². The molecule has 0 fully saturated rings. The number of aryl methyl sites for hydroxylation is 1. The van der Waals surface area contributed by atoms with Gasteiger partial charge in [0.05, 0.1) is 27.7 Å². The molecule has 2 aromatic carbocycles. The van der Waals surface area contributed by atoms with Crippen molar-refractivity contribution in [1.82, 2.24) is 14.5 Å². The summed E-state index contributed by atoms with van der Waals surface area (Å²) in [4.78, 5) is 20.9. The molecular formula is C22H18BrFN4O4S. The Kier molecular flexibility index (Phi) is 6.17. The summed E-state index contributed by atoms with van der Waals surface area (Å²) in [5, 5.41) is 0.458. The van der Waals surface area contributed by atoms with Gasteiger partial charge in [-0.25, -0.2) is 22.8 Å². The lowest BCUT2D eigenvalue weighted by atomic mass is 10.2. The van der Waals surface area contributed by atoms with Crippen LogP contribution in [-0.4, -0.2) is 30.1 Å². The Hall–Kier alpha value is -3.31. The van der Waals surface area contributed by atoms with E-state index >= 15 is 0 Å². The highest BCUT2D eigenvalue weighted by Crippen LogP contribution is 2.31. The number of rotatable bonds is 6. The number of hydrogen-bond acceptors (Lipinski definition) is 6. The van der Waals surface area contributed by atoms with Crippen molar-refractivity contribution in [2.45, 2.75) is 18.2 Å². The van der Waals surface area contributed by atoms with E-state index in [0.29, 0.717) is 23.1 Å². The molecule has 0 aliphatic rings. The fourth-order valence-corrected chi connectivity index (χ4v) is 4.68. The van der Waals surface area contributed by atoms with Crippen LogP contribution in [0.1, 0.15) is 12.7 Å². The Morgan fingerprint density at radius 2 is 1.94 bits per heavy atom. The van der Waals surface area contributed by atoms with Crippen molar-refractivity contribution in [2.24, 2.45) is 0 Å². The van der Waals surface area contributed by atoms with E-state index in [1.807, 2.05) is 6.92 Å². The quantitative estimate of drug-likeness (QED) is 0.401. The van der Waals surface area contributed by atoms with E-state index in [-0.39, 0.29) is 26.6 Å². The summed E-state index contributed by atoms with van der Waals surface area (Å²) in [6.45, 7) is 1.86. The zero-order chi connectivity index (χ0) is 23.8. The van der Waals surface area contributed by atoms with Crippen molar-refractivity contribution >= 4 is 42.7 Å². The zero-order valence-corrected chi connectivity index (χ0v) is 19.9. The van der Waals surface area contributed by atoms with Crippen LogP contribution < -0.4 is 15.0 Å². The van der Waals surface area contributed by atoms with Crippen molar-refractivity contribution in [3.63, 3.8) is 0 Å². The van der Waals surface area contributed by atoms with Crippen molar-refractivity contribution in [1.29, 1.82) is 0 Å². The number of ether oxygens (including phenoxy) is 1. The van der Waals surface area contributed by atoms with Gasteiger partial charge in [-0.2, -0.15) is 0 Å². The van der Waals surface area contributed by atoms with E-state index in [4.69, 9.17) is 4.74 Å². The first-order valence-corrected chi connectivity index (χ1v) is 12.0. The van der Waals surface area contributed by atoms with Crippen molar-refractivity contribution in [3.8, 4) is 11.4 Å². The molecule has 0 bridgehead atoms. The molecule has 0 spiro atoms. The highest BCUT2D eigenvalue weighted by molar-refractivity contribution is 9.10. The molecule has 8 nitrogen and oxygen atoms in total. The Morgan fingerprint density at radius 3 is 2.67 bits per heavy atom. The normalized spacial score (nSPS) is 11.5. The first-order chi connectivity index (χ1) is 15.7. The van der Waals surface area contributed by atoms with E-state index in [2.05, 4.69) is 30.6 Å². The van der Waals surface area contributed by atoms with E-state index < -0.39 is 21.4 Å². The van der Waals surface area contributed by atoms with Crippen LogP contribution in [0.15, 0.2) is 68.9 Å². The minimum atomic E-state index is -3.96. The number of halogens is 2. The van der Waals surface area contributed by atoms with Crippen LogP contribution >= 0.6 is 15.9 Å². The summed E-state index contributed by atoms with van der Waals surface area (Å²) in [6, 6.07) is 11.1. The van der Waals surface area contributed by atoms with Gasteiger partial charge in [0.25, 0.3) is 15.6 Å². The molecule has 33 heavy (non-hydrogen) atoms. The van der Waals surface area contributed by atoms with Gasteiger partial charge in [0.15, 0.2) is 0 Å². The summed E-state index contributed by atoms with van der Waals surface area (Å²) in [7, 11) is -2.55. The molecule has 0 aliphatic heterocycles. The molecule has 0 atom stereocenters. The average molecular weight is 533 g/mol. The number of fused-ring (bicyclic) bond motifs is 1. The maximum absolute atomic E-state index is 14.3. The fourth-order valence-electron chi connectivity index (χ4n) is 3.32. The van der Waals surface area contributed by atoms with Crippen molar-refractivity contribution in [2.75, 3.05) is 11.8 Å². The number of nitrogens with one attached hydrogen (secondary N) is 1. The second kappa shape index (κ2) is 8.91. The number of nitrogens with zero attached hydrogens (tertiary/aromatic N) is 3. The van der Waals surface area contributed by atoms with E-state index in [9.17, 15) is 17.6 Å². The first-order valence-electron chi connectivity index (χ1n) is 9.77. The van der Waals surface area contributed by atoms with Gasteiger partial charge in [-0.05, 0) is 52.3 Å². The Bertz CT molecular complexity index is 1540. The van der Waals surface area contributed by atoms with Gasteiger partial charge in [0, 0.05) is 30.1 Å². The lowest BCUT2D eigenvalue weighted by Gasteiger charge is -2.15. The first kappa shape index (κ1) is 22.9. The summed E-state index contributed by atoms with van der Waals surface area (Å²) in [6.07, 6.45) is 2.04. The highest BCUT2D eigenvalue weighted by Gasteiger charge is 2.19. The maximum Gasteiger partial charge on any atom is 0.263 e. The van der Waals surface area contributed by atoms with Crippen molar-refractivity contribution < 1.29 is 17.5 Å². The third kappa shape index (κ3) is 4.46. The molecule has 2 aromatic heterocycles. The van der Waals surface area contributed by atoms with Crippen LogP contribution in [0.4, 0.5) is 10.2 Å². The number of hydrogen-bond donors (Lipinski definition) is 1. The van der Waals surface area contributed by atoms with Gasteiger partial charge in [0.2, 0.25) is 0 Å². The minimum Gasteiger partial charge on any atom is -0.495 e. The molecule has 4 rings (SSSR count). The van der Waals surface area contributed by atoms with Gasteiger partial charge < -0.3 is 4.74 Å². The predicted molar refractivity (Wildman–Crippen MR) is 126 cm³/mol. The number of anilines is 1. The third-order valence-corrected chi connectivity index (χ3v) is 6.86. The van der Waals surface area contributed by atoms with Crippen LogP contribution in [0.5, 0.6) is 5.75 Å². The molecule has 0 aliphatic carbocycles. The topological polar surface area (TPSA) is 103 Å². The number of aromatic nitrogens is 3. The lowest BCUT2D eigenvalue weighted by Crippen LogP contribution is -2.19. The smallest absolute Gasteiger partial charge is 0.263 e. The molecule has 2 heterocycles. The molecule has 4 aromatic rings. The van der Waals surface area contributed by atoms with Gasteiger partial charge in [-0.1, -0.05) is 6.92 Å². The Morgan fingerprint density at radius 1 is 1.15 bits per heavy atom. The monoisotopic (exact) mass is 532 g/mol. The maximum atomic E-state index is 14.3. The van der Waals surface area contributed by atoms with Crippen LogP contribution in [0, 0.1) is 5.82 Å². The second-order valence-corrected chi connectivity index (χ2v) is 9.52. The largest absolute Gasteiger partial charge is 0.495 e. The van der Waals surface area contributed by atoms with Crippen LogP contribution in [-0.2, 0) is 16.4 Å². The fraction of sp³-hybridized carbons (Fsp3) is 0.136. The molecule has 0 saturated heterocycles. The van der Waals surface area contributed by atoms with Crippen LogP contribution in [0.25, 0.3) is 16.6 Å². The molecule has 1 N–H and O–H groups in total. The SMILES string of the molecule is CCc1nccc(NS(=O)(=O)c2ccc3c(ccc(=O)n3-c3cc(F)c(Br)cc3OC)c2)n1.